The second kappa shape index (κ2) is 8.78. The van der Waals surface area contributed by atoms with E-state index in [4.69, 9.17) is 10.6 Å². The molecule has 0 radical (unpaired) electrons. The van der Waals surface area contributed by atoms with Gasteiger partial charge in [-0.1, -0.05) is 12.1 Å². The van der Waals surface area contributed by atoms with Crippen LogP contribution in [-0.4, -0.2) is 31.5 Å². The molecule has 0 spiro atoms. The minimum atomic E-state index is -5.77. The van der Waals surface area contributed by atoms with Gasteiger partial charge in [-0.05, 0) is 51.3 Å². The molecule has 0 aromatic heterocycles. The summed E-state index contributed by atoms with van der Waals surface area (Å²) >= 11 is 0. The Morgan fingerprint density at radius 1 is 1.07 bits per heavy atom. The molecule has 1 aromatic carbocycles. The van der Waals surface area contributed by atoms with Gasteiger partial charge in [0.1, 0.15) is 11.4 Å². The van der Waals surface area contributed by atoms with E-state index in [0.717, 1.165) is 12.1 Å². The minimum Gasteiger partial charge on any atom is -0.459 e. The fourth-order valence-electron chi connectivity index (χ4n) is 1.98. The first kappa shape index (κ1) is 23.7. The summed E-state index contributed by atoms with van der Waals surface area (Å²) in [6.45, 7) is 4.84. The van der Waals surface area contributed by atoms with E-state index in [1.54, 1.807) is 20.8 Å². The SMILES string of the molecule is CC(C)(C)OC(=O)[C@H](CCc1ccc(OS(=O)(=O)C(F)(F)F)cc1)C(=O)ON. The van der Waals surface area contributed by atoms with Gasteiger partial charge in [-0.15, -0.1) is 0 Å². The van der Waals surface area contributed by atoms with Crippen LogP contribution in [0.15, 0.2) is 24.3 Å². The summed E-state index contributed by atoms with van der Waals surface area (Å²) in [6.07, 6.45) is 0.0807. The van der Waals surface area contributed by atoms with Gasteiger partial charge >= 0.3 is 27.6 Å². The first-order valence-electron chi connectivity index (χ1n) is 7.89. The van der Waals surface area contributed by atoms with Crippen LogP contribution in [0.2, 0.25) is 0 Å². The normalized spacial score (nSPS) is 13.5. The molecule has 1 atom stereocenters. The molecule has 2 N–H and O–H groups in total. The smallest absolute Gasteiger partial charge is 0.459 e. The van der Waals surface area contributed by atoms with Crippen LogP contribution in [-0.2, 0) is 35.7 Å². The number of esters is 1. The van der Waals surface area contributed by atoms with Gasteiger partial charge in [0.2, 0.25) is 0 Å². The number of hydrogen-bond donors (Lipinski definition) is 1. The zero-order valence-corrected chi connectivity index (χ0v) is 16.1. The second-order valence-electron chi connectivity index (χ2n) is 6.69. The molecule has 0 saturated carbocycles. The van der Waals surface area contributed by atoms with Gasteiger partial charge < -0.3 is 13.8 Å². The van der Waals surface area contributed by atoms with Crippen molar-refractivity contribution in [3.05, 3.63) is 29.8 Å². The van der Waals surface area contributed by atoms with E-state index in [9.17, 15) is 31.2 Å². The molecule has 0 bridgehead atoms. The van der Waals surface area contributed by atoms with E-state index in [1.807, 2.05) is 0 Å². The van der Waals surface area contributed by atoms with E-state index >= 15 is 0 Å². The lowest BCUT2D eigenvalue weighted by Gasteiger charge is -2.22. The molecule has 0 heterocycles. The summed E-state index contributed by atoms with van der Waals surface area (Å²) in [5, 5.41) is 0. The van der Waals surface area contributed by atoms with Crippen molar-refractivity contribution in [3.8, 4) is 5.75 Å². The molecule has 0 aliphatic carbocycles. The van der Waals surface area contributed by atoms with Gasteiger partial charge in [0.25, 0.3) is 0 Å². The Kier molecular flexibility index (Phi) is 7.43. The molecule has 0 aliphatic heterocycles. The summed E-state index contributed by atoms with van der Waals surface area (Å²) in [4.78, 5) is 27.9. The third-order valence-electron chi connectivity index (χ3n) is 3.23. The summed E-state index contributed by atoms with van der Waals surface area (Å²) in [5.74, 6) is 1.17. The van der Waals surface area contributed by atoms with E-state index < -0.39 is 44.8 Å². The van der Waals surface area contributed by atoms with Crippen LogP contribution in [0.4, 0.5) is 13.2 Å². The number of ether oxygens (including phenoxy) is 1. The molecule has 158 valence electrons. The van der Waals surface area contributed by atoms with Crippen LogP contribution >= 0.6 is 0 Å². The highest BCUT2D eigenvalue weighted by Crippen LogP contribution is 2.27. The van der Waals surface area contributed by atoms with Crippen LogP contribution in [0, 0.1) is 5.92 Å². The Bertz CT molecular complexity index is 799. The molecular weight excluding hydrogens is 407 g/mol. The Labute approximate surface area is 159 Å². The lowest BCUT2D eigenvalue weighted by molar-refractivity contribution is -0.169. The maximum atomic E-state index is 12.3. The van der Waals surface area contributed by atoms with Crippen molar-refractivity contribution in [2.45, 2.75) is 44.7 Å². The summed E-state index contributed by atoms with van der Waals surface area (Å²) in [7, 11) is -5.77. The predicted molar refractivity (Wildman–Crippen MR) is 90.0 cm³/mol. The van der Waals surface area contributed by atoms with Crippen LogP contribution < -0.4 is 10.1 Å². The number of halogens is 3. The maximum absolute atomic E-state index is 12.3. The van der Waals surface area contributed by atoms with E-state index in [-0.39, 0.29) is 12.8 Å². The van der Waals surface area contributed by atoms with Crippen LogP contribution in [0.1, 0.15) is 32.8 Å². The molecular formula is C16H20F3NO7S. The van der Waals surface area contributed by atoms with E-state index in [2.05, 4.69) is 9.02 Å². The number of hydrogen-bond acceptors (Lipinski definition) is 8. The molecule has 12 heteroatoms. The predicted octanol–water partition coefficient (Wildman–Crippen LogP) is 2.22. The quantitative estimate of drug-likeness (QED) is 0.231. The molecule has 0 aliphatic rings. The average Bonchev–Trinajstić information content (AvgIpc) is 2.53. The molecule has 8 nitrogen and oxygen atoms in total. The van der Waals surface area contributed by atoms with Gasteiger partial charge in [0.05, 0.1) is 0 Å². The fraction of sp³-hybridized carbons (Fsp3) is 0.500. The Hall–Kier alpha value is -2.34. The van der Waals surface area contributed by atoms with Crippen molar-refractivity contribution in [3.63, 3.8) is 0 Å². The highest BCUT2D eigenvalue weighted by molar-refractivity contribution is 7.88. The zero-order valence-electron chi connectivity index (χ0n) is 15.3. The molecule has 0 amide bonds. The monoisotopic (exact) mass is 427 g/mol. The first-order valence-corrected chi connectivity index (χ1v) is 9.30. The number of carbonyl (C=O) groups excluding carboxylic acids is 2. The summed E-state index contributed by atoms with van der Waals surface area (Å²) < 4.78 is 67.9. The highest BCUT2D eigenvalue weighted by atomic mass is 32.2. The highest BCUT2D eigenvalue weighted by Gasteiger charge is 2.48. The van der Waals surface area contributed by atoms with Crippen LogP contribution in [0.5, 0.6) is 5.75 Å². The van der Waals surface area contributed by atoms with Gasteiger partial charge in [-0.25, -0.2) is 4.79 Å². The third-order valence-corrected chi connectivity index (χ3v) is 4.21. The molecule has 0 fully saturated rings. The minimum absolute atomic E-state index is 0.0496. The number of rotatable bonds is 7. The Morgan fingerprint density at radius 2 is 1.61 bits per heavy atom. The average molecular weight is 427 g/mol. The fourth-order valence-corrected chi connectivity index (χ4v) is 2.44. The third kappa shape index (κ3) is 7.00. The number of benzene rings is 1. The molecule has 1 aromatic rings. The van der Waals surface area contributed by atoms with Gasteiger partial charge in [-0.3, -0.25) is 4.79 Å². The Balaban J connectivity index is 2.82. The molecule has 0 unspecified atom stereocenters. The number of nitrogens with two attached hydrogens (primary N) is 1. The van der Waals surface area contributed by atoms with Crippen molar-refractivity contribution < 1.29 is 44.9 Å². The largest absolute Gasteiger partial charge is 0.534 e. The van der Waals surface area contributed by atoms with Crippen molar-refractivity contribution >= 4 is 22.1 Å². The lowest BCUT2D eigenvalue weighted by Crippen LogP contribution is -2.35. The van der Waals surface area contributed by atoms with E-state index in [0.29, 0.717) is 5.56 Å². The van der Waals surface area contributed by atoms with Gasteiger partial charge in [0.15, 0.2) is 5.92 Å². The molecule has 0 saturated heterocycles. The molecule has 28 heavy (non-hydrogen) atoms. The number of carbonyl (C=O) groups is 2. The second-order valence-corrected chi connectivity index (χ2v) is 8.23. The van der Waals surface area contributed by atoms with Crippen LogP contribution in [0.3, 0.4) is 0 Å². The Morgan fingerprint density at radius 3 is 2.04 bits per heavy atom. The molecule has 1 rings (SSSR count). The van der Waals surface area contributed by atoms with E-state index in [1.165, 1.54) is 12.1 Å². The summed E-state index contributed by atoms with van der Waals surface area (Å²) in [6, 6.07) is 4.62. The van der Waals surface area contributed by atoms with Gasteiger partial charge in [0, 0.05) is 0 Å². The zero-order chi connectivity index (χ0) is 21.8. The van der Waals surface area contributed by atoms with Crippen molar-refractivity contribution in [2.75, 3.05) is 0 Å². The van der Waals surface area contributed by atoms with Crippen molar-refractivity contribution in [2.24, 2.45) is 11.8 Å². The van der Waals surface area contributed by atoms with Crippen LogP contribution in [0.25, 0.3) is 0 Å². The van der Waals surface area contributed by atoms with Crippen molar-refractivity contribution in [1.29, 1.82) is 0 Å². The topological polar surface area (TPSA) is 122 Å². The summed E-state index contributed by atoms with van der Waals surface area (Å²) in [5.41, 5.74) is -5.89. The van der Waals surface area contributed by atoms with Crippen molar-refractivity contribution in [1.82, 2.24) is 0 Å². The number of alkyl halides is 3. The first-order chi connectivity index (χ1) is 12.7. The lowest BCUT2D eigenvalue weighted by atomic mass is 9.99. The van der Waals surface area contributed by atoms with Gasteiger partial charge in [-0.2, -0.15) is 27.5 Å². The number of aryl methyl sites for hydroxylation is 1. The standard InChI is InChI=1S/C16H20F3NO7S/c1-15(2,3)25-13(21)12(14(22)26-20)9-6-10-4-7-11(8-5-10)27-28(23,24)16(17,18)19/h4-5,7-8,12H,6,9,20H2,1-3H3/t12-/m0/s1. The maximum Gasteiger partial charge on any atom is 0.534 e.